The van der Waals surface area contributed by atoms with Crippen LogP contribution in [0.4, 0.5) is 4.39 Å². The van der Waals surface area contributed by atoms with Gasteiger partial charge in [-0.15, -0.1) is 17.7 Å². The van der Waals surface area contributed by atoms with Crippen molar-refractivity contribution in [1.82, 2.24) is 0 Å². The van der Waals surface area contributed by atoms with Crippen molar-refractivity contribution in [3.8, 4) is 5.92 Å². The molecule has 0 bridgehead atoms. The zero-order valence-corrected chi connectivity index (χ0v) is 31.3. The van der Waals surface area contributed by atoms with Gasteiger partial charge in [0.25, 0.3) is 0 Å². The Morgan fingerprint density at radius 1 is 0.438 bits per heavy atom. The Labute approximate surface area is 303 Å². The van der Waals surface area contributed by atoms with E-state index in [1.54, 1.807) is 0 Å². The number of halogens is 1. The van der Waals surface area contributed by atoms with Crippen molar-refractivity contribution in [2.45, 2.75) is 34.6 Å². The molecule has 1 saturated carbocycles. The van der Waals surface area contributed by atoms with Crippen molar-refractivity contribution in [2.24, 2.45) is 0 Å². The van der Waals surface area contributed by atoms with Crippen LogP contribution in [0.15, 0.2) is 146 Å². The minimum atomic E-state index is -0.348. The van der Waals surface area contributed by atoms with Crippen molar-refractivity contribution in [1.29, 1.82) is 0 Å². The van der Waals surface area contributed by atoms with Crippen LogP contribution in [0.5, 0.6) is 0 Å². The Kier molecular flexibility index (Phi) is 16.8. The minimum absolute atomic E-state index is 0. The van der Waals surface area contributed by atoms with Gasteiger partial charge in [-0.05, 0) is 91.1 Å². The van der Waals surface area contributed by atoms with Gasteiger partial charge in [0.05, 0.1) is 0 Å². The van der Waals surface area contributed by atoms with Gasteiger partial charge < -0.3 is 6.42 Å². The molecule has 1 aliphatic rings. The summed E-state index contributed by atoms with van der Waals surface area (Å²) in [6, 6.07) is 49.8. The summed E-state index contributed by atoms with van der Waals surface area (Å²) in [5, 5.41) is 5.89. The smallest absolute Gasteiger partial charge is 0.366 e. The standard InChI is InChI=1S/C26H24P2.C10H15.C8H4F.Fe/c1-5-13-23(14-6-1)27(24-15-7-2-8-16-24)21-22-28(25-17-9-3-10-18-25)26-19-11-4-12-20-26;1-6-7(2)9(4)10(5)8(6)3;1-2-7-3-5-8(9)6-4-7;/h1-20H,21-22H2;1-5H3;3-6H;/q;;-1;+2. The van der Waals surface area contributed by atoms with Gasteiger partial charge in [0.2, 0.25) is 0 Å². The molecular formula is C44H43FFeP2+. The third-order valence-corrected chi connectivity index (χ3v) is 14.0. The van der Waals surface area contributed by atoms with Crippen LogP contribution in [0.1, 0.15) is 40.2 Å². The van der Waals surface area contributed by atoms with Crippen molar-refractivity contribution < 1.29 is 21.5 Å². The fourth-order valence-corrected chi connectivity index (χ4v) is 10.7. The number of benzene rings is 5. The second-order valence-electron chi connectivity index (χ2n) is 11.4. The molecule has 5 radical (unpaired) electrons. The van der Waals surface area contributed by atoms with Gasteiger partial charge in [0.1, 0.15) is 5.82 Å². The van der Waals surface area contributed by atoms with Gasteiger partial charge in [-0.2, -0.15) is 0 Å². The van der Waals surface area contributed by atoms with Crippen LogP contribution < -0.4 is 21.2 Å². The van der Waals surface area contributed by atoms with Gasteiger partial charge in [-0.3, -0.25) is 5.92 Å². The molecule has 5 aromatic carbocycles. The normalized spacial score (nSPS) is 14.0. The van der Waals surface area contributed by atoms with E-state index in [-0.39, 0.29) is 38.7 Å². The SMILES string of the molecule is C[C]1[C](C)[C](C)[C](C)[C]1C.[C-]#Cc1ccc(F)cc1.[Fe+2].c1ccc(P(CCP(c2ccccc2)c2ccccc2)c2ccccc2)cc1. The quantitative estimate of drug-likeness (QED) is 0.0684. The summed E-state index contributed by atoms with van der Waals surface area (Å²) < 4.78 is 12.1. The van der Waals surface area contributed by atoms with Crippen molar-refractivity contribution in [2.75, 3.05) is 12.3 Å². The van der Waals surface area contributed by atoms with Crippen LogP contribution in [-0.4, -0.2) is 12.3 Å². The first kappa shape index (κ1) is 39.4. The Bertz CT molecular complexity index is 1420. The van der Waals surface area contributed by atoms with E-state index in [2.05, 4.69) is 162 Å². The van der Waals surface area contributed by atoms with Crippen LogP contribution in [0, 0.1) is 47.8 Å². The maximum absolute atomic E-state index is 12.1. The Morgan fingerprint density at radius 2 is 0.688 bits per heavy atom. The Balaban J connectivity index is 0.000000255. The van der Waals surface area contributed by atoms with Crippen molar-refractivity contribution in [3.05, 3.63) is 193 Å². The fraction of sp³-hybridized carbons (Fsp3) is 0.159. The molecule has 243 valence electrons. The number of hydrogen-bond acceptors (Lipinski definition) is 0. The summed E-state index contributed by atoms with van der Waals surface area (Å²) in [7, 11) is -0.696. The van der Waals surface area contributed by atoms with Crippen LogP contribution in [0.3, 0.4) is 0 Å². The minimum Gasteiger partial charge on any atom is -0.366 e. The average Bonchev–Trinajstić information content (AvgIpc) is 3.30. The van der Waals surface area contributed by atoms with Gasteiger partial charge in [-0.25, -0.2) is 4.39 Å². The predicted molar refractivity (Wildman–Crippen MR) is 205 cm³/mol. The van der Waals surface area contributed by atoms with Crippen molar-refractivity contribution >= 4 is 37.1 Å². The third kappa shape index (κ3) is 11.3. The van der Waals surface area contributed by atoms with Gasteiger partial charge in [-0.1, -0.05) is 156 Å². The molecule has 0 heterocycles. The predicted octanol–water partition coefficient (Wildman–Crippen LogP) is 9.99. The molecule has 1 aliphatic carbocycles. The topological polar surface area (TPSA) is 0 Å². The van der Waals surface area contributed by atoms with Crippen LogP contribution in [0.2, 0.25) is 0 Å². The first-order valence-corrected chi connectivity index (χ1v) is 19.0. The van der Waals surface area contributed by atoms with E-state index in [0.29, 0.717) is 5.56 Å². The molecule has 0 nitrogen and oxygen atoms in total. The van der Waals surface area contributed by atoms with E-state index in [1.165, 1.54) is 87.4 Å². The summed E-state index contributed by atoms with van der Waals surface area (Å²) in [5.41, 5.74) is 0.594. The van der Waals surface area contributed by atoms with E-state index >= 15 is 0 Å². The summed E-state index contributed by atoms with van der Waals surface area (Å²) in [5.74, 6) is 9.19. The molecule has 5 aromatic rings. The fourth-order valence-electron chi connectivity index (χ4n) is 5.39. The first-order valence-electron chi connectivity index (χ1n) is 15.9. The van der Waals surface area contributed by atoms with Crippen molar-refractivity contribution in [3.63, 3.8) is 0 Å². The molecule has 4 heteroatoms. The number of hydrogen-bond donors (Lipinski definition) is 0. The molecular weight excluding hydrogens is 665 g/mol. The molecule has 0 unspecified atom stereocenters. The summed E-state index contributed by atoms with van der Waals surface area (Å²) in [6.07, 6.45) is 9.06. The van der Waals surface area contributed by atoms with E-state index in [1.807, 2.05) is 0 Å². The van der Waals surface area contributed by atoms with Gasteiger partial charge in [0, 0.05) is 0 Å². The maximum atomic E-state index is 12.1. The van der Waals surface area contributed by atoms with Crippen LogP contribution >= 0.6 is 15.8 Å². The molecule has 6 rings (SSSR count). The summed E-state index contributed by atoms with van der Waals surface area (Å²) in [4.78, 5) is 0. The first-order chi connectivity index (χ1) is 22.8. The summed E-state index contributed by atoms with van der Waals surface area (Å²) >= 11 is 0. The van der Waals surface area contributed by atoms with Crippen LogP contribution in [0.25, 0.3) is 0 Å². The second kappa shape index (κ2) is 20.5. The molecule has 0 aromatic heterocycles. The van der Waals surface area contributed by atoms with E-state index in [0.717, 1.165) is 0 Å². The maximum Gasteiger partial charge on any atom is 2.00 e. The third-order valence-electron chi connectivity index (χ3n) is 8.62. The zero-order valence-electron chi connectivity index (χ0n) is 28.4. The number of rotatable bonds is 7. The summed E-state index contributed by atoms with van der Waals surface area (Å²) in [6.45, 7) is 11.0. The average molecular weight is 709 g/mol. The Morgan fingerprint density at radius 3 is 0.917 bits per heavy atom. The molecule has 0 N–H and O–H groups in total. The van der Waals surface area contributed by atoms with Gasteiger partial charge in [0.15, 0.2) is 0 Å². The molecule has 1 fully saturated rings. The molecule has 0 atom stereocenters. The van der Waals surface area contributed by atoms with E-state index in [9.17, 15) is 4.39 Å². The molecule has 0 spiro atoms. The molecule has 0 aliphatic heterocycles. The molecule has 48 heavy (non-hydrogen) atoms. The van der Waals surface area contributed by atoms with E-state index < -0.39 is 0 Å². The monoisotopic (exact) mass is 708 g/mol. The molecule has 0 amide bonds. The zero-order chi connectivity index (χ0) is 33.6. The molecule has 0 saturated heterocycles. The second-order valence-corrected chi connectivity index (χ2v) is 16.1. The largest absolute Gasteiger partial charge is 2.00 e. The Hall–Kier alpha value is -3.03. The van der Waals surface area contributed by atoms with E-state index in [4.69, 9.17) is 6.42 Å². The van der Waals surface area contributed by atoms with Gasteiger partial charge >= 0.3 is 17.1 Å². The van der Waals surface area contributed by atoms with Crippen LogP contribution in [-0.2, 0) is 17.1 Å².